The number of hydrogen-bond donors (Lipinski definition) is 2. The van der Waals surface area contributed by atoms with Crippen LogP contribution in [0.3, 0.4) is 0 Å². The Kier molecular flexibility index (Phi) is 7.99. The lowest BCUT2D eigenvalue weighted by atomic mass is 9.59. The highest BCUT2D eigenvalue weighted by Crippen LogP contribution is 2.49. The van der Waals surface area contributed by atoms with E-state index in [1.165, 1.54) is 12.1 Å². The smallest absolute Gasteiger partial charge is 0.475 e. The molecule has 2 aromatic carbocycles. The van der Waals surface area contributed by atoms with Crippen LogP contribution in [0.2, 0.25) is 0 Å². The van der Waals surface area contributed by atoms with Crippen molar-refractivity contribution in [1.29, 1.82) is 0 Å². The van der Waals surface area contributed by atoms with E-state index in [4.69, 9.17) is 9.90 Å². The first-order valence-corrected chi connectivity index (χ1v) is 12.2. The first-order chi connectivity index (χ1) is 15.9. The third kappa shape index (κ3) is 6.55. The summed E-state index contributed by atoms with van der Waals surface area (Å²) in [5.74, 6) is -2.97. The monoisotopic (exact) mass is 502 g/mol. The fraction of sp³-hybridized carbons (Fsp3) is 0.435. The average molecular weight is 503 g/mol. The molecule has 1 aliphatic carbocycles. The number of likely N-dealkylation sites (tertiary alicyclic amines) is 1. The molecule has 2 aliphatic rings. The van der Waals surface area contributed by atoms with E-state index in [2.05, 4.69) is 9.62 Å². The molecule has 1 atom stereocenters. The minimum Gasteiger partial charge on any atom is -0.475 e. The summed E-state index contributed by atoms with van der Waals surface area (Å²) in [6.45, 7) is 2.71. The maximum absolute atomic E-state index is 13.1. The summed E-state index contributed by atoms with van der Waals surface area (Å²) in [6.07, 6.45) is -1.10. The zero-order chi connectivity index (χ0) is 25.0. The molecule has 0 aromatic heterocycles. The second-order valence-corrected chi connectivity index (χ2v) is 10.3. The third-order valence-electron chi connectivity index (χ3n) is 6.43. The molecule has 34 heavy (non-hydrogen) atoms. The highest BCUT2D eigenvalue weighted by molar-refractivity contribution is 7.89. The van der Waals surface area contributed by atoms with Crippen LogP contribution in [0, 0.1) is 11.2 Å². The molecule has 2 fully saturated rings. The summed E-state index contributed by atoms with van der Waals surface area (Å²) in [5.41, 5.74) is 1.20. The van der Waals surface area contributed by atoms with Crippen molar-refractivity contribution in [2.24, 2.45) is 5.41 Å². The average Bonchev–Trinajstić information content (AvgIpc) is 2.79. The molecular formula is C23H26F4N2O4S. The number of sulfonamides is 1. The number of halogens is 4. The summed E-state index contributed by atoms with van der Waals surface area (Å²) < 4.78 is 73.0. The molecule has 0 bridgehead atoms. The van der Waals surface area contributed by atoms with E-state index in [1.54, 1.807) is 24.3 Å². The second kappa shape index (κ2) is 10.4. The Morgan fingerprint density at radius 3 is 2.06 bits per heavy atom. The van der Waals surface area contributed by atoms with Gasteiger partial charge in [-0.15, -0.1) is 0 Å². The Morgan fingerprint density at radius 1 is 1.03 bits per heavy atom. The minimum atomic E-state index is -5.08. The van der Waals surface area contributed by atoms with Gasteiger partial charge in [-0.2, -0.15) is 13.2 Å². The second-order valence-electron chi connectivity index (χ2n) is 8.59. The maximum Gasteiger partial charge on any atom is 0.490 e. The maximum atomic E-state index is 13.1. The number of carboxylic acid groups (broad SMARTS) is 1. The van der Waals surface area contributed by atoms with Crippen LogP contribution in [0.1, 0.15) is 31.2 Å². The molecule has 0 radical (unpaired) electrons. The Hall–Kier alpha value is -2.50. The number of carboxylic acids is 1. The van der Waals surface area contributed by atoms with E-state index in [0.29, 0.717) is 4.90 Å². The van der Waals surface area contributed by atoms with E-state index in [0.717, 1.165) is 50.9 Å². The van der Waals surface area contributed by atoms with E-state index in [9.17, 15) is 26.0 Å². The normalized spacial score (nSPS) is 20.2. The van der Waals surface area contributed by atoms with Gasteiger partial charge in [0.1, 0.15) is 5.82 Å². The number of benzene rings is 2. The lowest BCUT2D eigenvalue weighted by molar-refractivity contribution is -0.192. The number of piperidine rings is 1. The molecule has 1 spiro atoms. The fourth-order valence-corrected chi connectivity index (χ4v) is 5.73. The Labute approximate surface area is 195 Å². The van der Waals surface area contributed by atoms with Gasteiger partial charge < -0.3 is 5.11 Å². The number of nitrogens with one attached hydrogen (secondary N) is 1. The van der Waals surface area contributed by atoms with Gasteiger partial charge in [-0.1, -0.05) is 30.3 Å². The standard InChI is InChI=1S/C21H25FN2O2S.C2HF3O2/c22-18-8-6-17(7-9-18)16-24-14-12-21(13-15-24)11-10-20(21)23-27(25,26)19-4-2-1-3-5-19;3-2(4,5)1(6)7/h1-9,20,23H,10-16H2;(H,6,7). The molecule has 1 saturated carbocycles. The lowest BCUT2D eigenvalue weighted by Gasteiger charge is -2.54. The molecule has 1 saturated heterocycles. The van der Waals surface area contributed by atoms with Crippen LogP contribution in [0.5, 0.6) is 0 Å². The number of alkyl halides is 3. The molecule has 1 aliphatic heterocycles. The summed E-state index contributed by atoms with van der Waals surface area (Å²) in [4.78, 5) is 11.6. The predicted molar refractivity (Wildman–Crippen MR) is 117 cm³/mol. The van der Waals surface area contributed by atoms with Crippen LogP contribution in [0.15, 0.2) is 59.5 Å². The zero-order valence-electron chi connectivity index (χ0n) is 18.3. The number of rotatable bonds is 5. The van der Waals surface area contributed by atoms with Crippen molar-refractivity contribution in [3.8, 4) is 0 Å². The molecule has 1 unspecified atom stereocenters. The first kappa shape index (κ1) is 26.1. The Balaban J connectivity index is 0.000000406. The van der Waals surface area contributed by atoms with Crippen molar-refractivity contribution in [2.45, 2.75) is 49.3 Å². The zero-order valence-corrected chi connectivity index (χ0v) is 19.1. The van der Waals surface area contributed by atoms with Crippen molar-refractivity contribution in [2.75, 3.05) is 13.1 Å². The molecule has 1 heterocycles. The van der Waals surface area contributed by atoms with Crippen molar-refractivity contribution in [3.05, 3.63) is 66.0 Å². The predicted octanol–water partition coefficient (Wildman–Crippen LogP) is 4.18. The molecule has 4 rings (SSSR count). The van der Waals surface area contributed by atoms with E-state index >= 15 is 0 Å². The van der Waals surface area contributed by atoms with Crippen molar-refractivity contribution in [1.82, 2.24) is 9.62 Å². The first-order valence-electron chi connectivity index (χ1n) is 10.8. The number of hydrogen-bond acceptors (Lipinski definition) is 4. The lowest BCUT2D eigenvalue weighted by Crippen LogP contribution is -2.58. The van der Waals surface area contributed by atoms with Gasteiger partial charge in [-0.05, 0) is 74.0 Å². The number of carbonyl (C=O) groups is 1. The van der Waals surface area contributed by atoms with Gasteiger partial charge in [0.25, 0.3) is 0 Å². The number of nitrogens with zero attached hydrogens (tertiary/aromatic N) is 1. The topological polar surface area (TPSA) is 86.7 Å². The molecule has 11 heteroatoms. The molecular weight excluding hydrogens is 476 g/mol. The molecule has 2 N–H and O–H groups in total. The summed E-state index contributed by atoms with van der Waals surface area (Å²) in [5, 5.41) is 7.12. The van der Waals surface area contributed by atoms with Gasteiger partial charge in [-0.25, -0.2) is 22.3 Å². The van der Waals surface area contributed by atoms with Crippen LogP contribution in [0.25, 0.3) is 0 Å². The highest BCUT2D eigenvalue weighted by atomic mass is 32.2. The fourth-order valence-electron chi connectivity index (χ4n) is 4.34. The minimum absolute atomic E-state index is 0.0238. The number of aliphatic carboxylic acids is 1. The molecule has 186 valence electrons. The van der Waals surface area contributed by atoms with Gasteiger partial charge in [0.15, 0.2) is 0 Å². The highest BCUT2D eigenvalue weighted by Gasteiger charge is 2.49. The quantitative estimate of drug-likeness (QED) is 0.599. The molecule has 6 nitrogen and oxygen atoms in total. The van der Waals surface area contributed by atoms with Gasteiger partial charge >= 0.3 is 12.1 Å². The summed E-state index contributed by atoms with van der Waals surface area (Å²) >= 11 is 0. The van der Waals surface area contributed by atoms with E-state index < -0.39 is 22.2 Å². The molecule has 2 aromatic rings. The van der Waals surface area contributed by atoms with Gasteiger partial charge in [-0.3, -0.25) is 4.90 Å². The third-order valence-corrected chi connectivity index (χ3v) is 7.92. The Bertz CT molecular complexity index is 1070. The molecule has 0 amide bonds. The van der Waals surface area contributed by atoms with Crippen molar-refractivity contribution >= 4 is 16.0 Å². The van der Waals surface area contributed by atoms with Crippen molar-refractivity contribution < 1.29 is 35.9 Å². The summed E-state index contributed by atoms with van der Waals surface area (Å²) in [7, 11) is -3.46. The van der Waals surface area contributed by atoms with Crippen molar-refractivity contribution in [3.63, 3.8) is 0 Å². The SMILES string of the molecule is O=C(O)C(F)(F)F.O=S(=O)(NC1CCC12CCN(Cc1ccc(F)cc1)CC2)c1ccccc1. The van der Waals surface area contributed by atoms with E-state index in [-0.39, 0.29) is 17.3 Å². The Morgan fingerprint density at radius 2 is 1.59 bits per heavy atom. The summed E-state index contributed by atoms with van der Waals surface area (Å²) in [6, 6.07) is 15.3. The largest absolute Gasteiger partial charge is 0.490 e. The van der Waals surface area contributed by atoms with Crippen LogP contribution in [-0.4, -0.2) is 49.7 Å². The van der Waals surface area contributed by atoms with Crippen LogP contribution >= 0.6 is 0 Å². The van der Waals surface area contributed by atoms with Gasteiger partial charge in [0.2, 0.25) is 10.0 Å². The van der Waals surface area contributed by atoms with Crippen LogP contribution in [-0.2, 0) is 21.4 Å². The van der Waals surface area contributed by atoms with Gasteiger partial charge in [0.05, 0.1) is 4.90 Å². The van der Waals surface area contributed by atoms with Gasteiger partial charge in [0, 0.05) is 12.6 Å². The van der Waals surface area contributed by atoms with Crippen LogP contribution in [0.4, 0.5) is 17.6 Å². The van der Waals surface area contributed by atoms with E-state index in [1.807, 2.05) is 18.2 Å². The van der Waals surface area contributed by atoms with Crippen LogP contribution < -0.4 is 4.72 Å².